The molecular formula is C12H16ClN3O2. The molecule has 6 heteroatoms. The molecule has 18 heavy (non-hydrogen) atoms. The zero-order valence-corrected chi connectivity index (χ0v) is 11.3. The van der Waals surface area contributed by atoms with Gasteiger partial charge in [-0.2, -0.15) is 0 Å². The van der Waals surface area contributed by atoms with Crippen LogP contribution in [0.15, 0.2) is 12.4 Å². The van der Waals surface area contributed by atoms with Crippen molar-refractivity contribution in [3.63, 3.8) is 0 Å². The van der Waals surface area contributed by atoms with Crippen LogP contribution in [0.2, 0.25) is 5.15 Å². The standard InChI is InChI=1S/C12H16ClN3O2/c1-6-7(2)18-8(3)11(6)12(17)16-10-5-14-9(13)4-15-10/h4-8,11H,1-3H3,(H,15,16,17). The molecule has 0 radical (unpaired) electrons. The number of hydrogen-bond acceptors (Lipinski definition) is 4. The normalized spacial score (nSPS) is 31.3. The fourth-order valence-corrected chi connectivity index (χ4v) is 2.40. The van der Waals surface area contributed by atoms with Gasteiger partial charge in [-0.1, -0.05) is 18.5 Å². The Morgan fingerprint density at radius 2 is 2.00 bits per heavy atom. The van der Waals surface area contributed by atoms with Gasteiger partial charge in [-0.25, -0.2) is 9.97 Å². The summed E-state index contributed by atoms with van der Waals surface area (Å²) in [7, 11) is 0. The SMILES string of the molecule is CC1OC(C)C(C(=O)Nc2cnc(Cl)cn2)C1C. The van der Waals surface area contributed by atoms with Gasteiger partial charge in [0.1, 0.15) is 5.15 Å². The topological polar surface area (TPSA) is 64.1 Å². The summed E-state index contributed by atoms with van der Waals surface area (Å²) >= 11 is 5.63. The maximum atomic E-state index is 12.2. The largest absolute Gasteiger partial charge is 0.374 e. The van der Waals surface area contributed by atoms with E-state index in [1.54, 1.807) is 0 Å². The third kappa shape index (κ3) is 2.62. The molecule has 4 atom stereocenters. The first kappa shape index (κ1) is 13.2. The summed E-state index contributed by atoms with van der Waals surface area (Å²) in [6, 6.07) is 0. The highest BCUT2D eigenvalue weighted by molar-refractivity contribution is 6.29. The smallest absolute Gasteiger partial charge is 0.231 e. The lowest BCUT2D eigenvalue weighted by Crippen LogP contribution is -2.32. The summed E-state index contributed by atoms with van der Waals surface area (Å²) in [5.41, 5.74) is 0. The zero-order chi connectivity index (χ0) is 13.3. The maximum absolute atomic E-state index is 12.2. The molecule has 2 rings (SSSR count). The van der Waals surface area contributed by atoms with Gasteiger partial charge in [0.2, 0.25) is 5.91 Å². The van der Waals surface area contributed by atoms with Crippen LogP contribution in [0, 0.1) is 11.8 Å². The van der Waals surface area contributed by atoms with E-state index in [4.69, 9.17) is 16.3 Å². The Kier molecular flexibility index (Phi) is 3.82. The Morgan fingerprint density at radius 3 is 2.50 bits per heavy atom. The second kappa shape index (κ2) is 5.20. The van der Waals surface area contributed by atoms with Gasteiger partial charge < -0.3 is 10.1 Å². The molecule has 98 valence electrons. The molecule has 1 aromatic heterocycles. The highest BCUT2D eigenvalue weighted by Gasteiger charge is 2.41. The van der Waals surface area contributed by atoms with Gasteiger partial charge in [0, 0.05) is 0 Å². The minimum Gasteiger partial charge on any atom is -0.374 e. The average Bonchev–Trinajstić information content (AvgIpc) is 2.56. The number of nitrogens with one attached hydrogen (secondary N) is 1. The van der Waals surface area contributed by atoms with Crippen molar-refractivity contribution in [1.29, 1.82) is 0 Å². The van der Waals surface area contributed by atoms with Crippen molar-refractivity contribution in [1.82, 2.24) is 9.97 Å². The molecule has 2 heterocycles. The van der Waals surface area contributed by atoms with E-state index in [9.17, 15) is 4.79 Å². The van der Waals surface area contributed by atoms with Crippen LogP contribution in [0.3, 0.4) is 0 Å². The molecule has 0 aromatic carbocycles. The first-order chi connectivity index (χ1) is 8.49. The number of rotatable bonds is 2. The predicted molar refractivity (Wildman–Crippen MR) is 68.3 cm³/mol. The summed E-state index contributed by atoms with van der Waals surface area (Å²) in [6.45, 7) is 5.92. The number of hydrogen-bond donors (Lipinski definition) is 1. The minimum atomic E-state index is -0.169. The number of halogens is 1. The van der Waals surface area contributed by atoms with Crippen LogP contribution in [0.4, 0.5) is 5.82 Å². The summed E-state index contributed by atoms with van der Waals surface area (Å²) in [6.07, 6.45) is 2.84. The number of amides is 1. The quantitative estimate of drug-likeness (QED) is 0.893. The van der Waals surface area contributed by atoms with Crippen molar-refractivity contribution in [2.24, 2.45) is 11.8 Å². The summed E-state index contributed by atoms with van der Waals surface area (Å²) < 4.78 is 5.65. The van der Waals surface area contributed by atoms with Gasteiger partial charge in [0.05, 0.1) is 30.5 Å². The zero-order valence-electron chi connectivity index (χ0n) is 10.6. The molecule has 1 amide bonds. The van der Waals surface area contributed by atoms with Crippen LogP contribution in [0.5, 0.6) is 0 Å². The Balaban J connectivity index is 2.06. The van der Waals surface area contributed by atoms with E-state index in [-0.39, 0.29) is 30.0 Å². The lowest BCUT2D eigenvalue weighted by atomic mass is 9.89. The third-order valence-corrected chi connectivity index (χ3v) is 3.61. The molecule has 0 aliphatic carbocycles. The van der Waals surface area contributed by atoms with E-state index in [0.717, 1.165) is 0 Å². The predicted octanol–water partition coefficient (Wildman–Crippen LogP) is 2.13. The van der Waals surface area contributed by atoms with Crippen LogP contribution in [-0.2, 0) is 9.53 Å². The molecular weight excluding hydrogens is 254 g/mol. The van der Waals surface area contributed by atoms with E-state index in [1.165, 1.54) is 12.4 Å². The van der Waals surface area contributed by atoms with E-state index >= 15 is 0 Å². The van der Waals surface area contributed by atoms with Gasteiger partial charge in [0.25, 0.3) is 0 Å². The minimum absolute atomic E-state index is 0.0871. The molecule has 4 unspecified atom stereocenters. The van der Waals surface area contributed by atoms with Gasteiger partial charge in [-0.15, -0.1) is 0 Å². The first-order valence-corrected chi connectivity index (χ1v) is 6.30. The van der Waals surface area contributed by atoms with Crippen molar-refractivity contribution in [2.75, 3.05) is 5.32 Å². The Hall–Kier alpha value is -1.20. The van der Waals surface area contributed by atoms with E-state index < -0.39 is 0 Å². The average molecular weight is 270 g/mol. The number of carbonyl (C=O) groups is 1. The molecule has 0 saturated carbocycles. The van der Waals surface area contributed by atoms with Crippen molar-refractivity contribution < 1.29 is 9.53 Å². The number of nitrogens with zero attached hydrogens (tertiary/aromatic N) is 2. The lowest BCUT2D eigenvalue weighted by molar-refractivity contribution is -0.122. The van der Waals surface area contributed by atoms with Crippen molar-refractivity contribution in [3.05, 3.63) is 17.5 Å². The molecule has 5 nitrogen and oxygen atoms in total. The Labute approximate surface area is 111 Å². The molecule has 0 spiro atoms. The molecule has 0 bridgehead atoms. The second-order valence-electron chi connectivity index (χ2n) is 4.64. The fraction of sp³-hybridized carbons (Fsp3) is 0.583. The van der Waals surface area contributed by atoms with Crippen LogP contribution in [0.1, 0.15) is 20.8 Å². The number of aromatic nitrogens is 2. The molecule has 1 aliphatic heterocycles. The number of anilines is 1. The third-order valence-electron chi connectivity index (χ3n) is 3.42. The van der Waals surface area contributed by atoms with Gasteiger partial charge in [-0.3, -0.25) is 4.79 Å². The molecule has 1 fully saturated rings. The fourth-order valence-electron chi connectivity index (χ4n) is 2.30. The maximum Gasteiger partial charge on any atom is 0.231 e. The molecule has 1 N–H and O–H groups in total. The van der Waals surface area contributed by atoms with Crippen molar-refractivity contribution in [2.45, 2.75) is 33.0 Å². The Bertz CT molecular complexity index is 437. The van der Waals surface area contributed by atoms with Crippen LogP contribution < -0.4 is 5.32 Å². The van der Waals surface area contributed by atoms with E-state index in [2.05, 4.69) is 15.3 Å². The van der Waals surface area contributed by atoms with Crippen LogP contribution >= 0.6 is 11.6 Å². The van der Waals surface area contributed by atoms with Gasteiger partial charge in [0.15, 0.2) is 5.82 Å². The monoisotopic (exact) mass is 269 g/mol. The van der Waals surface area contributed by atoms with Crippen molar-refractivity contribution in [3.8, 4) is 0 Å². The first-order valence-electron chi connectivity index (χ1n) is 5.93. The van der Waals surface area contributed by atoms with Gasteiger partial charge >= 0.3 is 0 Å². The van der Waals surface area contributed by atoms with E-state index in [1.807, 2.05) is 20.8 Å². The van der Waals surface area contributed by atoms with Crippen LogP contribution in [0.25, 0.3) is 0 Å². The Morgan fingerprint density at radius 1 is 1.28 bits per heavy atom. The highest BCUT2D eigenvalue weighted by Crippen LogP contribution is 2.32. The summed E-state index contributed by atoms with van der Waals surface area (Å²) in [5.74, 6) is 0.331. The highest BCUT2D eigenvalue weighted by atomic mass is 35.5. The lowest BCUT2D eigenvalue weighted by Gasteiger charge is -2.17. The second-order valence-corrected chi connectivity index (χ2v) is 5.03. The van der Waals surface area contributed by atoms with Gasteiger partial charge in [-0.05, 0) is 19.8 Å². The van der Waals surface area contributed by atoms with Crippen LogP contribution in [-0.4, -0.2) is 28.1 Å². The summed E-state index contributed by atoms with van der Waals surface area (Å²) in [4.78, 5) is 20.0. The number of ether oxygens (including phenoxy) is 1. The number of carbonyl (C=O) groups excluding carboxylic acids is 1. The molecule has 1 saturated heterocycles. The summed E-state index contributed by atoms with van der Waals surface area (Å²) in [5, 5.41) is 3.04. The van der Waals surface area contributed by atoms with E-state index in [0.29, 0.717) is 11.0 Å². The molecule has 1 aliphatic rings. The molecule has 1 aromatic rings. The van der Waals surface area contributed by atoms with Crippen molar-refractivity contribution >= 4 is 23.3 Å².